The Balaban J connectivity index is 0.000000123. The molecular formula is C34H40Br2N6O2. The van der Waals surface area contributed by atoms with Gasteiger partial charge in [0.2, 0.25) is 0 Å². The highest BCUT2D eigenvalue weighted by atomic mass is 79.9. The Morgan fingerprint density at radius 1 is 0.614 bits per heavy atom. The third-order valence-corrected chi connectivity index (χ3v) is 12.1. The van der Waals surface area contributed by atoms with Crippen molar-refractivity contribution < 1.29 is 9.47 Å². The van der Waals surface area contributed by atoms with Crippen molar-refractivity contribution >= 4 is 53.7 Å². The highest BCUT2D eigenvalue weighted by Gasteiger charge is 2.43. The number of hydrogen-bond donors (Lipinski definition) is 2. The molecule has 8 nitrogen and oxygen atoms in total. The second-order valence-corrected chi connectivity index (χ2v) is 15.0. The summed E-state index contributed by atoms with van der Waals surface area (Å²) in [5.41, 5.74) is 8.51. The summed E-state index contributed by atoms with van der Waals surface area (Å²) in [6.45, 7) is 10.3. The highest BCUT2D eigenvalue weighted by molar-refractivity contribution is 9.10. The minimum atomic E-state index is 0.471. The maximum atomic E-state index is 5.75. The highest BCUT2D eigenvalue weighted by Crippen LogP contribution is 2.42. The van der Waals surface area contributed by atoms with Gasteiger partial charge in [-0.05, 0) is 73.2 Å². The largest absolute Gasteiger partial charge is 0.377 e. The van der Waals surface area contributed by atoms with Crippen molar-refractivity contribution in [2.45, 2.75) is 50.1 Å². The fourth-order valence-electron chi connectivity index (χ4n) is 9.01. The minimum absolute atomic E-state index is 0.471. The second kappa shape index (κ2) is 11.5. The lowest BCUT2D eigenvalue weighted by atomic mass is 9.92. The molecule has 232 valence electrons. The molecule has 0 bridgehead atoms. The third-order valence-electron chi connectivity index (χ3n) is 11.1. The van der Waals surface area contributed by atoms with E-state index in [0.717, 1.165) is 65.4 Å². The molecule has 4 atom stereocenters. The predicted octanol–water partition coefficient (Wildman–Crippen LogP) is 5.78. The van der Waals surface area contributed by atoms with Crippen LogP contribution < -0.4 is 0 Å². The van der Waals surface area contributed by atoms with Crippen LogP contribution in [0.15, 0.2) is 45.3 Å². The number of aromatic amines is 2. The average Bonchev–Trinajstić information content (AvgIpc) is 3.62. The molecule has 6 aliphatic rings. The van der Waals surface area contributed by atoms with Crippen LogP contribution in [0.5, 0.6) is 0 Å². The Hall–Kier alpha value is -1.76. The van der Waals surface area contributed by atoms with E-state index in [4.69, 9.17) is 9.47 Å². The number of nitrogens with zero attached hydrogens (tertiary/aromatic N) is 4. The van der Waals surface area contributed by atoms with E-state index >= 15 is 0 Å². The van der Waals surface area contributed by atoms with Gasteiger partial charge in [0.1, 0.15) is 0 Å². The van der Waals surface area contributed by atoms with Crippen LogP contribution in [0, 0.1) is 0 Å². The Kier molecular flexibility index (Phi) is 7.43. The lowest BCUT2D eigenvalue weighted by molar-refractivity contribution is -0.120. The molecule has 4 aromatic rings. The molecule has 44 heavy (non-hydrogen) atoms. The van der Waals surface area contributed by atoms with E-state index in [2.05, 4.69) is 97.8 Å². The number of fused-ring (bicyclic) bond motifs is 14. The Morgan fingerprint density at radius 2 is 1.09 bits per heavy atom. The van der Waals surface area contributed by atoms with Crippen molar-refractivity contribution in [2.24, 2.45) is 0 Å². The number of hydrogen-bond acceptors (Lipinski definition) is 6. The molecule has 0 spiro atoms. The van der Waals surface area contributed by atoms with E-state index < -0.39 is 0 Å². The zero-order chi connectivity index (χ0) is 29.4. The summed E-state index contributed by atoms with van der Waals surface area (Å²) in [6, 6.07) is 14.2. The first-order chi connectivity index (χ1) is 21.6. The molecule has 0 saturated carbocycles. The summed E-state index contributed by atoms with van der Waals surface area (Å²) < 4.78 is 13.8. The van der Waals surface area contributed by atoms with E-state index in [-0.39, 0.29) is 0 Å². The van der Waals surface area contributed by atoms with E-state index in [9.17, 15) is 0 Å². The molecule has 2 aromatic heterocycles. The van der Waals surface area contributed by atoms with Gasteiger partial charge in [0.05, 0.1) is 50.8 Å². The van der Waals surface area contributed by atoms with Gasteiger partial charge in [-0.15, -0.1) is 0 Å². The standard InChI is InChI=1S/2C17H20BrN3O/c2*18-11-1-2-14-13(9-11)12-3-6-21-15(17(12)19-14)4-5-20-7-8-22-10-16(20)21/h2*1-2,9,15-16,19H,3-8,10H2/t2*15-,16-/m10/s1. The molecule has 0 amide bonds. The zero-order valence-electron chi connectivity index (χ0n) is 25.0. The number of H-pyrrole nitrogens is 2. The Labute approximate surface area is 275 Å². The fraction of sp³-hybridized carbons (Fsp3) is 0.529. The average molecular weight is 725 g/mol. The van der Waals surface area contributed by atoms with Crippen LogP contribution in [0.4, 0.5) is 0 Å². The van der Waals surface area contributed by atoms with Crippen LogP contribution in [0.25, 0.3) is 21.8 Å². The summed E-state index contributed by atoms with van der Waals surface area (Å²) in [7, 11) is 0. The van der Waals surface area contributed by atoms with Crippen LogP contribution in [-0.4, -0.2) is 108 Å². The number of ether oxygens (including phenoxy) is 2. The van der Waals surface area contributed by atoms with Gasteiger partial charge in [-0.3, -0.25) is 19.6 Å². The van der Waals surface area contributed by atoms with Gasteiger partial charge in [0.15, 0.2) is 0 Å². The van der Waals surface area contributed by atoms with Gasteiger partial charge in [-0.2, -0.15) is 0 Å². The van der Waals surface area contributed by atoms with Gasteiger partial charge < -0.3 is 19.4 Å². The molecule has 0 aliphatic carbocycles. The topological polar surface area (TPSA) is 63.0 Å². The molecule has 4 saturated heterocycles. The minimum Gasteiger partial charge on any atom is -0.377 e. The molecule has 2 aromatic carbocycles. The van der Waals surface area contributed by atoms with Crippen molar-refractivity contribution in [3.63, 3.8) is 0 Å². The van der Waals surface area contributed by atoms with Crippen molar-refractivity contribution in [1.29, 1.82) is 0 Å². The molecule has 6 aliphatic heterocycles. The summed E-state index contributed by atoms with van der Waals surface area (Å²) in [6.07, 6.45) is 5.64. The number of aromatic nitrogens is 2. The van der Waals surface area contributed by atoms with Crippen LogP contribution in [0.3, 0.4) is 0 Å². The molecule has 2 N–H and O–H groups in total. The van der Waals surface area contributed by atoms with Crippen LogP contribution in [-0.2, 0) is 22.3 Å². The Morgan fingerprint density at radius 3 is 1.57 bits per heavy atom. The van der Waals surface area contributed by atoms with Crippen molar-refractivity contribution in [3.05, 3.63) is 67.9 Å². The van der Waals surface area contributed by atoms with Gasteiger partial charge in [-0.25, -0.2) is 0 Å². The lowest BCUT2D eigenvalue weighted by Crippen LogP contribution is -2.61. The smallest absolute Gasteiger partial charge is 0.0870 e. The summed E-state index contributed by atoms with van der Waals surface area (Å²) in [5, 5.41) is 2.79. The van der Waals surface area contributed by atoms with Gasteiger partial charge in [0, 0.05) is 81.4 Å². The fourth-order valence-corrected chi connectivity index (χ4v) is 9.73. The molecular weight excluding hydrogens is 684 g/mol. The first-order valence-corrected chi connectivity index (χ1v) is 18.0. The van der Waals surface area contributed by atoms with Gasteiger partial charge in [0.25, 0.3) is 0 Å². The maximum Gasteiger partial charge on any atom is 0.0870 e. The SMILES string of the molecule is Brc1ccc2[nH]c3c(c2c1)CCN1[C@@H]3CCN2CCOC[C@H]21.Brc1ccc2[nH]c3c(c2c1)CCN1[C@H]3CCN2CCOC[C@@H]21. The number of halogens is 2. The van der Waals surface area contributed by atoms with Crippen LogP contribution in [0.1, 0.15) is 47.4 Å². The van der Waals surface area contributed by atoms with Gasteiger partial charge >= 0.3 is 0 Å². The van der Waals surface area contributed by atoms with E-state index in [1.807, 2.05) is 0 Å². The number of morpholine rings is 2. The monoisotopic (exact) mass is 722 g/mol. The van der Waals surface area contributed by atoms with Crippen molar-refractivity contribution in [3.8, 4) is 0 Å². The molecule has 10 heteroatoms. The number of rotatable bonds is 0. The zero-order valence-corrected chi connectivity index (χ0v) is 28.2. The van der Waals surface area contributed by atoms with Crippen LogP contribution in [0.2, 0.25) is 0 Å². The molecule has 10 rings (SSSR count). The summed E-state index contributed by atoms with van der Waals surface area (Å²) >= 11 is 7.22. The van der Waals surface area contributed by atoms with Crippen molar-refractivity contribution in [1.82, 2.24) is 29.6 Å². The van der Waals surface area contributed by atoms with E-state index in [0.29, 0.717) is 24.4 Å². The summed E-state index contributed by atoms with van der Waals surface area (Å²) in [5.74, 6) is 0. The number of nitrogens with one attached hydrogen (secondary N) is 2. The Bertz CT molecular complexity index is 1580. The summed E-state index contributed by atoms with van der Waals surface area (Å²) in [4.78, 5) is 18.0. The maximum absolute atomic E-state index is 5.75. The first-order valence-electron chi connectivity index (χ1n) is 16.4. The predicted molar refractivity (Wildman–Crippen MR) is 180 cm³/mol. The third kappa shape index (κ3) is 4.75. The van der Waals surface area contributed by atoms with Crippen molar-refractivity contribution in [2.75, 3.05) is 65.7 Å². The molecule has 0 radical (unpaired) electrons. The molecule has 4 fully saturated rings. The quantitative estimate of drug-likeness (QED) is 0.240. The number of benzene rings is 2. The molecule has 8 heterocycles. The molecule has 0 unspecified atom stereocenters. The van der Waals surface area contributed by atoms with Crippen LogP contribution >= 0.6 is 31.9 Å². The van der Waals surface area contributed by atoms with Gasteiger partial charge in [-0.1, -0.05) is 31.9 Å². The van der Waals surface area contributed by atoms with E-state index in [1.54, 1.807) is 0 Å². The normalized spacial score (nSPS) is 29.1. The first kappa shape index (κ1) is 28.5. The lowest BCUT2D eigenvalue weighted by Gasteiger charge is -2.51. The van der Waals surface area contributed by atoms with E-state index in [1.165, 1.54) is 79.2 Å². The second-order valence-electron chi connectivity index (χ2n) is 13.2.